The summed E-state index contributed by atoms with van der Waals surface area (Å²) in [6.45, 7) is 1.47. The van der Waals surface area contributed by atoms with Gasteiger partial charge in [-0.15, -0.1) is 22.7 Å². The van der Waals surface area contributed by atoms with Crippen molar-refractivity contribution in [2.24, 2.45) is 10.7 Å². The topological polar surface area (TPSA) is 99.2 Å². The van der Waals surface area contributed by atoms with Gasteiger partial charge in [-0.05, 0) is 30.0 Å². The number of fused-ring (bicyclic) bond motifs is 1. The minimum absolute atomic E-state index is 0.0720. The molecule has 1 amide bonds. The zero-order chi connectivity index (χ0) is 27.8. The molecule has 0 saturated heterocycles. The van der Waals surface area contributed by atoms with Crippen LogP contribution in [0.25, 0.3) is 11.3 Å². The molecule has 0 unspecified atom stereocenters. The lowest BCUT2D eigenvalue weighted by Crippen LogP contribution is -2.31. The number of thiazole rings is 1. The Bertz CT molecular complexity index is 1440. The summed E-state index contributed by atoms with van der Waals surface area (Å²) in [4.78, 5) is 30.7. The third-order valence-corrected chi connectivity index (χ3v) is 7.60. The van der Waals surface area contributed by atoms with Crippen LogP contribution in [-0.4, -0.2) is 36.3 Å². The van der Waals surface area contributed by atoms with Gasteiger partial charge >= 0.3 is 12.1 Å². The number of rotatable bonds is 6. The maximum absolute atomic E-state index is 14.9. The Morgan fingerprint density at radius 1 is 1.24 bits per heavy atom. The molecule has 1 atom stereocenters. The second-order valence-corrected chi connectivity index (χ2v) is 10.1. The van der Waals surface area contributed by atoms with Crippen LogP contribution < -0.4 is 15.4 Å². The molecule has 0 saturated carbocycles. The van der Waals surface area contributed by atoms with E-state index in [4.69, 9.17) is 15.2 Å². The number of alkyl halides is 3. The Kier molecular flexibility index (Phi) is 8.01. The number of nitrogens with two attached hydrogens (primary N) is 1. The highest BCUT2D eigenvalue weighted by Crippen LogP contribution is 2.38. The van der Waals surface area contributed by atoms with E-state index in [-0.39, 0.29) is 16.9 Å². The van der Waals surface area contributed by atoms with Gasteiger partial charge in [-0.1, -0.05) is 0 Å². The number of thiophene rings is 1. The van der Waals surface area contributed by atoms with E-state index in [0.29, 0.717) is 25.0 Å². The van der Waals surface area contributed by atoms with Crippen LogP contribution in [-0.2, 0) is 45.0 Å². The van der Waals surface area contributed by atoms with E-state index < -0.39 is 53.6 Å². The van der Waals surface area contributed by atoms with E-state index in [2.05, 4.69) is 4.99 Å². The number of carbonyl (C=O) groups is 2. The van der Waals surface area contributed by atoms with Crippen LogP contribution in [0.1, 0.15) is 23.6 Å². The van der Waals surface area contributed by atoms with Crippen LogP contribution in [0, 0.1) is 11.6 Å². The minimum atomic E-state index is -5.30. The fraction of sp³-hybridized carbons (Fsp3) is 0.348. The van der Waals surface area contributed by atoms with Crippen molar-refractivity contribution < 1.29 is 41.0 Å². The smallest absolute Gasteiger partial charge is 0.422 e. The molecule has 0 spiro atoms. The summed E-state index contributed by atoms with van der Waals surface area (Å²) in [6, 6.07) is 0.285. The molecular weight excluding hydrogens is 555 g/mol. The molecule has 1 aliphatic heterocycles. The van der Waals surface area contributed by atoms with Gasteiger partial charge in [0.05, 0.1) is 23.7 Å². The second kappa shape index (κ2) is 10.9. The van der Waals surface area contributed by atoms with E-state index in [1.54, 1.807) is 0 Å². The third-order valence-electron chi connectivity index (χ3n) is 5.55. The summed E-state index contributed by atoms with van der Waals surface area (Å²) >= 11 is 2.26. The average Bonchev–Trinajstić information content (AvgIpc) is 3.41. The van der Waals surface area contributed by atoms with Gasteiger partial charge in [-0.2, -0.15) is 18.2 Å². The fourth-order valence-electron chi connectivity index (χ4n) is 3.71. The monoisotopic (exact) mass is 576 g/mol. The molecule has 1 aliphatic rings. The first kappa shape index (κ1) is 27.9. The molecule has 0 radical (unpaired) electrons. The number of anilines is 1. The zero-order valence-electron chi connectivity index (χ0n) is 20.0. The maximum Gasteiger partial charge on any atom is 0.422 e. The van der Waals surface area contributed by atoms with E-state index in [1.165, 1.54) is 23.6 Å². The highest BCUT2D eigenvalue weighted by Gasteiger charge is 2.39. The Labute approximate surface area is 220 Å². The lowest BCUT2D eigenvalue weighted by atomic mass is 10.1. The summed E-state index contributed by atoms with van der Waals surface area (Å²) in [5.41, 5.74) is 4.17. The number of halogens is 5. The summed E-state index contributed by atoms with van der Waals surface area (Å²) in [7, 11) is 1.85. The molecule has 2 aromatic heterocycles. The van der Waals surface area contributed by atoms with Crippen molar-refractivity contribution in [1.82, 2.24) is 4.57 Å². The van der Waals surface area contributed by atoms with Crippen molar-refractivity contribution in [2.45, 2.75) is 38.9 Å². The molecule has 8 nitrogen and oxygen atoms in total. The highest BCUT2D eigenvalue weighted by atomic mass is 32.1. The first-order chi connectivity index (χ1) is 17.9. The number of hydrogen-bond donors (Lipinski definition) is 1. The number of ether oxygens (including phenoxy) is 2. The molecule has 3 heterocycles. The molecule has 4 rings (SSSR count). The lowest BCUT2D eigenvalue weighted by Gasteiger charge is -2.24. The van der Waals surface area contributed by atoms with E-state index in [1.807, 2.05) is 17.3 Å². The van der Waals surface area contributed by atoms with Crippen molar-refractivity contribution in [2.75, 3.05) is 18.7 Å². The van der Waals surface area contributed by atoms with Crippen LogP contribution in [0.15, 0.2) is 27.9 Å². The maximum atomic E-state index is 14.9. The predicted octanol–water partition coefficient (Wildman–Crippen LogP) is 4.02. The summed E-state index contributed by atoms with van der Waals surface area (Å²) < 4.78 is 80.3. The first-order valence-electron chi connectivity index (χ1n) is 11.0. The molecule has 0 bridgehead atoms. The third kappa shape index (κ3) is 5.65. The Hall–Kier alpha value is -3.14. The summed E-state index contributed by atoms with van der Waals surface area (Å²) in [5.74, 6) is -5.08. The molecule has 38 heavy (non-hydrogen) atoms. The Balaban J connectivity index is 1.74. The van der Waals surface area contributed by atoms with E-state index in [9.17, 15) is 31.5 Å². The lowest BCUT2D eigenvalue weighted by molar-refractivity contribution is -0.148. The molecule has 0 aliphatic carbocycles. The van der Waals surface area contributed by atoms with Crippen molar-refractivity contribution in [3.8, 4) is 11.3 Å². The molecule has 204 valence electrons. The first-order valence-corrected chi connectivity index (χ1v) is 12.8. The van der Waals surface area contributed by atoms with Crippen molar-refractivity contribution in [3.63, 3.8) is 0 Å². The van der Waals surface area contributed by atoms with Gasteiger partial charge in [-0.3, -0.25) is 14.2 Å². The van der Waals surface area contributed by atoms with Crippen molar-refractivity contribution >= 4 is 39.6 Å². The van der Waals surface area contributed by atoms with Crippen LogP contribution in [0.4, 0.5) is 27.0 Å². The summed E-state index contributed by atoms with van der Waals surface area (Å²) in [5, 5.41) is 4.01. The predicted molar refractivity (Wildman–Crippen MR) is 129 cm³/mol. The number of carbonyl (C=O) groups excluding carboxylic acids is 2. The Morgan fingerprint density at radius 2 is 1.97 bits per heavy atom. The second-order valence-electron chi connectivity index (χ2n) is 8.40. The number of aromatic nitrogens is 1. The molecule has 2 N–H and O–H groups in total. The van der Waals surface area contributed by atoms with Crippen molar-refractivity contribution in [1.29, 1.82) is 0 Å². The fourth-order valence-corrected chi connectivity index (χ4v) is 5.66. The molecule has 3 aromatic rings. The average molecular weight is 577 g/mol. The van der Waals surface area contributed by atoms with Gasteiger partial charge in [0.1, 0.15) is 30.0 Å². The Morgan fingerprint density at radius 3 is 2.66 bits per heavy atom. The van der Waals surface area contributed by atoms with E-state index >= 15 is 0 Å². The molecular formula is C23H21F5N4O4S2. The quantitative estimate of drug-likeness (QED) is 0.352. The zero-order valence-corrected chi connectivity index (χ0v) is 21.6. The molecule has 0 fully saturated rings. The molecule has 1 aromatic carbocycles. The largest absolute Gasteiger partial charge is 0.443 e. The SMILES string of the molecule is C[C@H](N)C(=O)OCn1c(-c2ccc(F)c(C(F)(F)F)c2F)csc1=NC(=O)Cc1csc2c1COCN2C. The number of hydrogen-bond acceptors (Lipinski definition) is 8. The van der Waals surface area contributed by atoms with Gasteiger partial charge in [0.2, 0.25) is 0 Å². The van der Waals surface area contributed by atoms with Crippen LogP contribution in [0.5, 0.6) is 0 Å². The number of amides is 1. The van der Waals surface area contributed by atoms with Crippen LogP contribution >= 0.6 is 22.7 Å². The summed E-state index contributed by atoms with van der Waals surface area (Å²) in [6.07, 6.45) is -5.40. The molecule has 15 heteroatoms. The van der Waals surface area contributed by atoms with Crippen molar-refractivity contribution in [3.05, 3.63) is 56.0 Å². The number of nitrogens with zero attached hydrogens (tertiary/aromatic N) is 3. The van der Waals surface area contributed by atoms with Gasteiger partial charge < -0.3 is 20.1 Å². The number of esters is 1. The highest BCUT2D eigenvalue weighted by molar-refractivity contribution is 7.14. The number of benzene rings is 1. The van der Waals surface area contributed by atoms with Crippen LogP contribution in [0.2, 0.25) is 0 Å². The van der Waals surface area contributed by atoms with Gasteiger partial charge in [-0.25, -0.2) is 8.78 Å². The van der Waals surface area contributed by atoms with Gasteiger partial charge in [0.25, 0.3) is 5.91 Å². The van der Waals surface area contributed by atoms with Crippen LogP contribution in [0.3, 0.4) is 0 Å². The van der Waals surface area contributed by atoms with Gasteiger partial charge in [0.15, 0.2) is 11.5 Å². The van der Waals surface area contributed by atoms with Gasteiger partial charge in [0, 0.05) is 23.6 Å². The normalized spacial score (nSPS) is 14.9. The van der Waals surface area contributed by atoms with E-state index in [0.717, 1.165) is 32.5 Å². The standard InChI is InChI=1S/C23H21F5N4O4S2/c1-11(29)21(34)36-10-32-16(13-3-4-15(24)18(19(13)25)23(26,27)28)8-38-22(32)30-17(33)5-12-7-37-20-14(12)6-35-9-31(20)2/h3-4,7-8,11H,5-6,9-10,29H2,1-2H3/t11-/m0/s1. The minimum Gasteiger partial charge on any atom is -0.443 e.